The van der Waals surface area contributed by atoms with Gasteiger partial charge >= 0.3 is 0 Å². The number of rotatable bonds is 5. The largest absolute Gasteiger partial charge is 0.508 e. The predicted molar refractivity (Wildman–Crippen MR) is 73.3 cm³/mol. The third kappa shape index (κ3) is 2.61. The number of hydrogen-bond donors (Lipinski definition) is 3. The molecule has 2 rings (SSSR count). The molecule has 1 fully saturated rings. The van der Waals surface area contributed by atoms with Gasteiger partial charge in [-0.05, 0) is 37.0 Å². The van der Waals surface area contributed by atoms with Crippen LogP contribution in [0.1, 0.15) is 18.4 Å². The van der Waals surface area contributed by atoms with Gasteiger partial charge in [0.1, 0.15) is 5.75 Å². The Balaban J connectivity index is 1.81. The highest BCUT2D eigenvalue weighted by Gasteiger charge is 2.52. The summed E-state index contributed by atoms with van der Waals surface area (Å²) in [5.74, 6) is 0.182. The van der Waals surface area contributed by atoms with E-state index in [0.29, 0.717) is 11.5 Å². The maximum Gasteiger partial charge on any atom is 0.233 e. The molecular formula is C13H16N2O2S. The molecule has 18 heavy (non-hydrogen) atoms. The van der Waals surface area contributed by atoms with E-state index in [4.69, 9.17) is 23.1 Å². The van der Waals surface area contributed by atoms with Gasteiger partial charge in [0.05, 0.1) is 10.4 Å². The summed E-state index contributed by atoms with van der Waals surface area (Å²) in [5.41, 5.74) is 6.06. The van der Waals surface area contributed by atoms with E-state index in [0.717, 1.165) is 24.8 Å². The number of phenolic OH excluding ortho intramolecular Hbond substituents is 1. The monoisotopic (exact) mass is 264 g/mol. The summed E-state index contributed by atoms with van der Waals surface area (Å²) in [4.78, 5) is 12.2. The molecule has 0 bridgehead atoms. The molecule has 5 heteroatoms. The van der Waals surface area contributed by atoms with E-state index >= 15 is 0 Å². The zero-order chi connectivity index (χ0) is 13.2. The van der Waals surface area contributed by atoms with Gasteiger partial charge in [-0.2, -0.15) is 0 Å². The van der Waals surface area contributed by atoms with Gasteiger partial charge in [-0.3, -0.25) is 4.79 Å². The molecule has 0 saturated heterocycles. The van der Waals surface area contributed by atoms with Gasteiger partial charge in [-0.25, -0.2) is 0 Å². The fourth-order valence-corrected chi connectivity index (χ4v) is 2.16. The van der Waals surface area contributed by atoms with E-state index in [1.807, 2.05) is 12.1 Å². The zero-order valence-corrected chi connectivity index (χ0v) is 10.8. The number of hydrogen-bond acceptors (Lipinski definition) is 3. The lowest BCUT2D eigenvalue weighted by molar-refractivity contribution is -0.123. The number of aromatic hydroxyl groups is 1. The molecule has 96 valence electrons. The first kappa shape index (κ1) is 12.8. The maximum absolute atomic E-state index is 11.9. The van der Waals surface area contributed by atoms with Crippen molar-refractivity contribution in [3.8, 4) is 5.75 Å². The molecule has 0 spiro atoms. The third-order valence-electron chi connectivity index (χ3n) is 3.29. The molecule has 1 amide bonds. The number of carbonyl (C=O) groups is 1. The summed E-state index contributed by atoms with van der Waals surface area (Å²) in [5, 5.41) is 12.0. The van der Waals surface area contributed by atoms with E-state index in [9.17, 15) is 4.79 Å². The highest BCUT2D eigenvalue weighted by molar-refractivity contribution is 7.80. The fraction of sp³-hybridized carbons (Fsp3) is 0.385. The number of amides is 1. The average molecular weight is 264 g/mol. The molecule has 1 aromatic rings. The number of nitrogens with two attached hydrogens (primary N) is 1. The Labute approximate surface area is 111 Å². The van der Waals surface area contributed by atoms with Crippen molar-refractivity contribution in [3.63, 3.8) is 0 Å². The smallest absolute Gasteiger partial charge is 0.233 e. The van der Waals surface area contributed by atoms with E-state index in [1.54, 1.807) is 12.1 Å². The Morgan fingerprint density at radius 2 is 2.00 bits per heavy atom. The first-order valence-electron chi connectivity index (χ1n) is 5.91. The Morgan fingerprint density at radius 1 is 1.39 bits per heavy atom. The number of benzene rings is 1. The van der Waals surface area contributed by atoms with Crippen LogP contribution in [0.25, 0.3) is 0 Å². The standard InChI is InChI=1S/C13H16N2O2S/c14-11(18)13(6-7-13)12(17)15-8-5-9-1-3-10(16)4-2-9/h1-4,16H,5-8H2,(H2,14,18)(H,15,17). The van der Waals surface area contributed by atoms with Crippen LogP contribution in [0.3, 0.4) is 0 Å². The maximum atomic E-state index is 11.9. The van der Waals surface area contributed by atoms with E-state index in [1.165, 1.54) is 0 Å². The van der Waals surface area contributed by atoms with Gasteiger partial charge in [0.2, 0.25) is 5.91 Å². The summed E-state index contributed by atoms with van der Waals surface area (Å²) in [6.07, 6.45) is 2.24. The lowest BCUT2D eigenvalue weighted by Crippen LogP contribution is -2.40. The number of carbonyl (C=O) groups excluding carboxylic acids is 1. The highest BCUT2D eigenvalue weighted by Crippen LogP contribution is 2.46. The van der Waals surface area contributed by atoms with Crippen LogP contribution in [0, 0.1) is 5.41 Å². The first-order valence-corrected chi connectivity index (χ1v) is 6.31. The Hall–Kier alpha value is -1.62. The minimum absolute atomic E-state index is 0.0613. The van der Waals surface area contributed by atoms with Crippen LogP contribution >= 0.6 is 12.2 Å². The minimum atomic E-state index is -0.579. The van der Waals surface area contributed by atoms with Crippen LogP contribution in [0.15, 0.2) is 24.3 Å². The Morgan fingerprint density at radius 3 is 2.50 bits per heavy atom. The van der Waals surface area contributed by atoms with Crippen LogP contribution in [0.4, 0.5) is 0 Å². The second-order valence-electron chi connectivity index (χ2n) is 4.62. The molecule has 0 radical (unpaired) electrons. The molecule has 1 aliphatic rings. The molecule has 0 aliphatic heterocycles. The van der Waals surface area contributed by atoms with Crippen molar-refractivity contribution in [3.05, 3.63) is 29.8 Å². The minimum Gasteiger partial charge on any atom is -0.508 e. The van der Waals surface area contributed by atoms with Gasteiger partial charge in [-0.15, -0.1) is 0 Å². The van der Waals surface area contributed by atoms with Crippen LogP contribution in [-0.4, -0.2) is 22.5 Å². The van der Waals surface area contributed by atoms with Gasteiger partial charge in [-0.1, -0.05) is 24.4 Å². The molecular weight excluding hydrogens is 248 g/mol. The molecule has 0 atom stereocenters. The van der Waals surface area contributed by atoms with Crippen molar-refractivity contribution in [2.45, 2.75) is 19.3 Å². The van der Waals surface area contributed by atoms with Gasteiger partial charge in [0.25, 0.3) is 0 Å². The van der Waals surface area contributed by atoms with Gasteiger partial charge in [0, 0.05) is 6.54 Å². The molecule has 4 nitrogen and oxygen atoms in total. The molecule has 0 heterocycles. The second kappa shape index (κ2) is 4.94. The molecule has 1 aliphatic carbocycles. The quantitative estimate of drug-likeness (QED) is 0.697. The number of phenols is 1. The molecule has 1 aromatic carbocycles. The van der Waals surface area contributed by atoms with Crippen molar-refractivity contribution in [2.75, 3.05) is 6.54 Å². The van der Waals surface area contributed by atoms with Crippen molar-refractivity contribution < 1.29 is 9.90 Å². The first-order chi connectivity index (χ1) is 8.54. The number of nitrogens with one attached hydrogen (secondary N) is 1. The SMILES string of the molecule is NC(=S)C1(C(=O)NCCc2ccc(O)cc2)CC1. The van der Waals surface area contributed by atoms with E-state index in [2.05, 4.69) is 5.32 Å². The predicted octanol–water partition coefficient (Wildman–Crippen LogP) is 1.12. The molecule has 0 aromatic heterocycles. The highest BCUT2D eigenvalue weighted by atomic mass is 32.1. The van der Waals surface area contributed by atoms with Crippen molar-refractivity contribution in [1.82, 2.24) is 5.32 Å². The van der Waals surface area contributed by atoms with Crippen LogP contribution in [0.2, 0.25) is 0 Å². The van der Waals surface area contributed by atoms with Crippen LogP contribution < -0.4 is 11.1 Å². The summed E-state index contributed by atoms with van der Waals surface area (Å²) in [6, 6.07) is 6.94. The number of thiocarbonyl (C=S) groups is 1. The Bertz CT molecular complexity index is 466. The molecule has 4 N–H and O–H groups in total. The summed E-state index contributed by atoms with van der Waals surface area (Å²) < 4.78 is 0. The van der Waals surface area contributed by atoms with Crippen molar-refractivity contribution in [2.24, 2.45) is 11.1 Å². The van der Waals surface area contributed by atoms with Gasteiger partial charge in [0.15, 0.2) is 0 Å². The zero-order valence-electron chi connectivity index (χ0n) is 9.98. The van der Waals surface area contributed by atoms with Crippen molar-refractivity contribution >= 4 is 23.1 Å². The van der Waals surface area contributed by atoms with E-state index < -0.39 is 5.41 Å². The van der Waals surface area contributed by atoms with Crippen LogP contribution in [-0.2, 0) is 11.2 Å². The Kier molecular flexibility index (Phi) is 3.52. The summed E-state index contributed by atoms with van der Waals surface area (Å²) >= 11 is 4.92. The lowest BCUT2D eigenvalue weighted by Gasteiger charge is -2.13. The van der Waals surface area contributed by atoms with Gasteiger partial charge < -0.3 is 16.2 Å². The van der Waals surface area contributed by atoms with E-state index in [-0.39, 0.29) is 11.7 Å². The molecule has 0 unspecified atom stereocenters. The topological polar surface area (TPSA) is 75.4 Å². The van der Waals surface area contributed by atoms with Crippen molar-refractivity contribution in [1.29, 1.82) is 0 Å². The molecule has 1 saturated carbocycles. The third-order valence-corrected chi connectivity index (χ3v) is 3.68. The summed E-state index contributed by atoms with van der Waals surface area (Å²) in [6.45, 7) is 0.550. The fourth-order valence-electron chi connectivity index (χ4n) is 1.86. The lowest BCUT2D eigenvalue weighted by atomic mass is 10.1. The summed E-state index contributed by atoms with van der Waals surface area (Å²) in [7, 11) is 0. The average Bonchev–Trinajstić information content (AvgIpc) is 3.13. The normalized spacial score (nSPS) is 16.0. The van der Waals surface area contributed by atoms with Crippen LogP contribution in [0.5, 0.6) is 5.75 Å². The second-order valence-corrected chi connectivity index (χ2v) is 5.06.